The normalized spacial score (nSPS) is 12.9. The summed E-state index contributed by atoms with van der Waals surface area (Å²) in [5.41, 5.74) is -1.77. The number of nitrogens with zero attached hydrogens (tertiary/aromatic N) is 1. The predicted molar refractivity (Wildman–Crippen MR) is 69.6 cm³/mol. The van der Waals surface area contributed by atoms with E-state index in [-0.39, 0.29) is 17.7 Å². The van der Waals surface area contributed by atoms with E-state index in [0.717, 1.165) is 6.07 Å². The number of nitriles is 1. The molecule has 2 amide bonds. The molecule has 20 heavy (non-hydrogen) atoms. The van der Waals surface area contributed by atoms with Gasteiger partial charge in [0.05, 0.1) is 5.69 Å². The van der Waals surface area contributed by atoms with Gasteiger partial charge in [-0.25, -0.2) is 14.0 Å². The average Bonchev–Trinajstić information content (AvgIpc) is 2.38. The van der Waals surface area contributed by atoms with Gasteiger partial charge in [0.1, 0.15) is 23.0 Å². The van der Waals surface area contributed by atoms with Crippen LogP contribution >= 0.6 is 0 Å². The van der Waals surface area contributed by atoms with Gasteiger partial charge in [0.25, 0.3) is 0 Å². The van der Waals surface area contributed by atoms with Crippen molar-refractivity contribution >= 4 is 17.7 Å². The van der Waals surface area contributed by atoms with Gasteiger partial charge in [-0.1, -0.05) is 13.0 Å². The van der Waals surface area contributed by atoms with E-state index in [9.17, 15) is 14.0 Å². The lowest BCUT2D eigenvalue weighted by Crippen LogP contribution is -2.53. The molecule has 0 spiro atoms. The molecule has 0 aliphatic carbocycles. The van der Waals surface area contributed by atoms with Crippen LogP contribution in [0.1, 0.15) is 25.8 Å². The van der Waals surface area contributed by atoms with Crippen molar-refractivity contribution in [1.29, 1.82) is 5.26 Å². The molecule has 1 aromatic carbocycles. The van der Waals surface area contributed by atoms with Crippen molar-refractivity contribution < 1.29 is 19.1 Å². The summed E-state index contributed by atoms with van der Waals surface area (Å²) < 4.78 is 13.3. The minimum absolute atomic E-state index is 0.0196. The summed E-state index contributed by atoms with van der Waals surface area (Å²) in [6, 6.07) is 4.59. The highest BCUT2D eigenvalue weighted by molar-refractivity contribution is 5.94. The van der Waals surface area contributed by atoms with Crippen molar-refractivity contribution in [2.24, 2.45) is 0 Å². The summed E-state index contributed by atoms with van der Waals surface area (Å²) in [6.45, 7) is 2.96. The van der Waals surface area contributed by atoms with Crippen LogP contribution in [0.2, 0.25) is 0 Å². The number of carboxylic acid groups (broad SMARTS) is 1. The predicted octanol–water partition coefficient (Wildman–Crippen LogP) is 2.07. The zero-order valence-electron chi connectivity index (χ0n) is 11.0. The molecule has 1 rings (SSSR count). The van der Waals surface area contributed by atoms with Gasteiger partial charge in [0, 0.05) is 0 Å². The average molecular weight is 279 g/mol. The maximum Gasteiger partial charge on any atom is 0.329 e. The van der Waals surface area contributed by atoms with E-state index in [1.54, 1.807) is 13.0 Å². The maximum atomic E-state index is 13.3. The summed E-state index contributed by atoms with van der Waals surface area (Å²) in [5.74, 6) is -1.95. The number of anilines is 1. The Morgan fingerprint density at radius 2 is 2.15 bits per heavy atom. The second-order valence-electron chi connectivity index (χ2n) is 4.34. The SMILES string of the molecule is CCC(C)(NC(=O)Nc1cccc(F)c1C#N)C(=O)O. The van der Waals surface area contributed by atoms with E-state index in [0.29, 0.717) is 0 Å². The zero-order valence-corrected chi connectivity index (χ0v) is 11.0. The fourth-order valence-electron chi connectivity index (χ4n) is 1.44. The number of amides is 2. The number of aliphatic carboxylic acids is 1. The Hall–Kier alpha value is -2.62. The Labute approximate surface area is 115 Å². The molecule has 0 aliphatic rings. The van der Waals surface area contributed by atoms with Gasteiger partial charge in [-0.15, -0.1) is 0 Å². The first-order valence-corrected chi connectivity index (χ1v) is 5.85. The van der Waals surface area contributed by atoms with Crippen molar-refractivity contribution in [3.05, 3.63) is 29.6 Å². The van der Waals surface area contributed by atoms with Crippen LogP contribution in [-0.2, 0) is 4.79 Å². The van der Waals surface area contributed by atoms with Crippen LogP contribution < -0.4 is 10.6 Å². The van der Waals surface area contributed by atoms with E-state index in [1.807, 2.05) is 0 Å². The maximum absolute atomic E-state index is 13.3. The number of benzene rings is 1. The summed E-state index contributed by atoms with van der Waals surface area (Å²) in [7, 11) is 0. The van der Waals surface area contributed by atoms with Gasteiger partial charge >= 0.3 is 12.0 Å². The highest BCUT2D eigenvalue weighted by Gasteiger charge is 2.32. The van der Waals surface area contributed by atoms with Gasteiger partial charge in [-0.05, 0) is 25.5 Å². The fourth-order valence-corrected chi connectivity index (χ4v) is 1.44. The number of rotatable bonds is 4. The van der Waals surface area contributed by atoms with E-state index in [2.05, 4.69) is 10.6 Å². The molecule has 0 radical (unpaired) electrons. The minimum Gasteiger partial charge on any atom is -0.480 e. The second kappa shape index (κ2) is 6.02. The van der Waals surface area contributed by atoms with E-state index < -0.39 is 23.4 Å². The highest BCUT2D eigenvalue weighted by atomic mass is 19.1. The summed E-state index contributed by atoms with van der Waals surface area (Å²) in [5, 5.41) is 22.4. The van der Waals surface area contributed by atoms with Crippen molar-refractivity contribution in [2.45, 2.75) is 25.8 Å². The van der Waals surface area contributed by atoms with Crippen molar-refractivity contribution in [1.82, 2.24) is 5.32 Å². The first-order chi connectivity index (χ1) is 9.34. The van der Waals surface area contributed by atoms with Crippen molar-refractivity contribution in [2.75, 3.05) is 5.32 Å². The summed E-state index contributed by atoms with van der Waals surface area (Å²) >= 11 is 0. The van der Waals surface area contributed by atoms with Crippen molar-refractivity contribution in [3.63, 3.8) is 0 Å². The number of carbonyl (C=O) groups excluding carboxylic acids is 1. The molecule has 1 aromatic rings. The van der Waals surface area contributed by atoms with Gasteiger partial charge in [0.15, 0.2) is 0 Å². The Morgan fingerprint density at radius 1 is 1.50 bits per heavy atom. The number of carboxylic acids is 1. The number of urea groups is 1. The number of halogens is 1. The third kappa shape index (κ3) is 3.23. The van der Waals surface area contributed by atoms with Crippen LogP contribution in [0.5, 0.6) is 0 Å². The first kappa shape index (κ1) is 15.4. The number of nitrogens with one attached hydrogen (secondary N) is 2. The van der Waals surface area contributed by atoms with E-state index >= 15 is 0 Å². The topological polar surface area (TPSA) is 102 Å². The molecule has 0 aromatic heterocycles. The lowest BCUT2D eigenvalue weighted by atomic mass is 10.00. The summed E-state index contributed by atoms with van der Waals surface area (Å²) in [6.07, 6.45) is 0.171. The molecule has 0 saturated carbocycles. The van der Waals surface area contributed by atoms with E-state index in [4.69, 9.17) is 10.4 Å². The van der Waals surface area contributed by atoms with Crippen LogP contribution in [0.15, 0.2) is 18.2 Å². The summed E-state index contributed by atoms with van der Waals surface area (Å²) in [4.78, 5) is 22.8. The molecule has 0 bridgehead atoms. The lowest BCUT2D eigenvalue weighted by molar-refractivity contribution is -0.143. The molecule has 7 heteroatoms. The molecule has 1 atom stereocenters. The van der Waals surface area contributed by atoms with Gasteiger partial charge in [-0.3, -0.25) is 0 Å². The van der Waals surface area contributed by atoms with Gasteiger partial charge in [0.2, 0.25) is 0 Å². The molecule has 0 fully saturated rings. The zero-order chi connectivity index (χ0) is 15.3. The molecular formula is C13H14FN3O3. The standard InChI is InChI=1S/C13H14FN3O3/c1-3-13(2,11(18)19)17-12(20)16-10-6-4-5-9(14)8(10)7-15/h4-6H,3H2,1-2H3,(H,18,19)(H2,16,17,20). The van der Waals surface area contributed by atoms with Crippen LogP contribution in [0.25, 0.3) is 0 Å². The molecular weight excluding hydrogens is 265 g/mol. The molecule has 0 saturated heterocycles. The van der Waals surface area contributed by atoms with Crippen LogP contribution in [0.4, 0.5) is 14.9 Å². The van der Waals surface area contributed by atoms with Gasteiger partial charge in [-0.2, -0.15) is 5.26 Å². The molecule has 6 nitrogen and oxygen atoms in total. The van der Waals surface area contributed by atoms with Crippen molar-refractivity contribution in [3.8, 4) is 6.07 Å². The quantitative estimate of drug-likeness (QED) is 0.785. The smallest absolute Gasteiger partial charge is 0.329 e. The Bertz CT molecular complexity index is 583. The number of hydrogen-bond acceptors (Lipinski definition) is 3. The number of carbonyl (C=O) groups is 2. The number of hydrogen-bond donors (Lipinski definition) is 3. The second-order valence-corrected chi connectivity index (χ2v) is 4.34. The lowest BCUT2D eigenvalue weighted by Gasteiger charge is -2.24. The largest absolute Gasteiger partial charge is 0.480 e. The van der Waals surface area contributed by atoms with Crippen LogP contribution in [0, 0.1) is 17.1 Å². The molecule has 1 unspecified atom stereocenters. The Kier molecular flexibility index (Phi) is 4.64. The molecule has 0 heterocycles. The van der Waals surface area contributed by atoms with E-state index in [1.165, 1.54) is 19.1 Å². The third-order valence-electron chi connectivity index (χ3n) is 2.94. The Balaban J connectivity index is 2.91. The monoisotopic (exact) mass is 279 g/mol. The third-order valence-corrected chi connectivity index (χ3v) is 2.94. The Morgan fingerprint density at radius 3 is 2.65 bits per heavy atom. The first-order valence-electron chi connectivity index (χ1n) is 5.85. The fraction of sp³-hybridized carbons (Fsp3) is 0.308. The van der Waals surface area contributed by atoms with Gasteiger partial charge < -0.3 is 15.7 Å². The molecule has 106 valence electrons. The minimum atomic E-state index is -1.44. The van der Waals surface area contributed by atoms with Crippen LogP contribution in [-0.4, -0.2) is 22.6 Å². The highest BCUT2D eigenvalue weighted by Crippen LogP contribution is 2.18. The molecule has 3 N–H and O–H groups in total. The molecule has 0 aliphatic heterocycles. The van der Waals surface area contributed by atoms with Crippen LogP contribution in [0.3, 0.4) is 0 Å².